The van der Waals surface area contributed by atoms with Gasteiger partial charge in [-0.1, -0.05) is 42.5 Å². The summed E-state index contributed by atoms with van der Waals surface area (Å²) in [6, 6.07) is 12.5. The molecule has 0 saturated carbocycles. The van der Waals surface area contributed by atoms with Crippen molar-refractivity contribution < 1.29 is 19.1 Å². The number of amides is 1. The van der Waals surface area contributed by atoms with E-state index in [-0.39, 0.29) is 11.6 Å². The van der Waals surface area contributed by atoms with Crippen LogP contribution in [0.3, 0.4) is 0 Å². The van der Waals surface area contributed by atoms with Crippen molar-refractivity contribution in [3.05, 3.63) is 48.0 Å². The van der Waals surface area contributed by atoms with Crippen molar-refractivity contribution in [2.45, 2.75) is 46.3 Å². The summed E-state index contributed by atoms with van der Waals surface area (Å²) in [5.41, 5.74) is 0.0272. The van der Waals surface area contributed by atoms with E-state index >= 15 is 0 Å². The molecule has 1 amide bonds. The van der Waals surface area contributed by atoms with Crippen LogP contribution in [0.2, 0.25) is 0 Å². The van der Waals surface area contributed by atoms with Crippen LogP contribution in [0.1, 0.15) is 46.2 Å². The van der Waals surface area contributed by atoms with Crippen LogP contribution in [0.25, 0.3) is 10.8 Å². The molecule has 2 rings (SSSR count). The van der Waals surface area contributed by atoms with E-state index < -0.39 is 23.7 Å². The summed E-state index contributed by atoms with van der Waals surface area (Å²) < 4.78 is 5.34. The quantitative estimate of drug-likeness (QED) is 0.816. The predicted octanol–water partition coefficient (Wildman–Crippen LogP) is 4.20. The van der Waals surface area contributed by atoms with Crippen LogP contribution >= 0.6 is 0 Å². The molecule has 26 heavy (non-hydrogen) atoms. The Balaban J connectivity index is 2.54. The lowest BCUT2D eigenvalue weighted by molar-refractivity contribution is -0.131. The molecular weight excluding hydrogens is 330 g/mol. The summed E-state index contributed by atoms with van der Waals surface area (Å²) in [5, 5.41) is 4.58. The second-order valence-electron chi connectivity index (χ2n) is 7.39. The summed E-state index contributed by atoms with van der Waals surface area (Å²) in [5.74, 6) is -1.58. The smallest absolute Gasteiger partial charge is 0.408 e. The molecule has 0 radical (unpaired) electrons. The van der Waals surface area contributed by atoms with E-state index in [4.69, 9.17) is 4.74 Å². The average Bonchev–Trinajstić information content (AvgIpc) is 2.51. The third-order valence-corrected chi connectivity index (χ3v) is 4.04. The summed E-state index contributed by atoms with van der Waals surface area (Å²) in [6.07, 6.45) is -0.664. The zero-order valence-corrected chi connectivity index (χ0v) is 15.8. The van der Waals surface area contributed by atoms with E-state index in [2.05, 4.69) is 5.32 Å². The molecular formula is C21H25NO4. The number of fused-ring (bicyclic) bond motifs is 1. The first-order valence-electron chi connectivity index (χ1n) is 8.58. The van der Waals surface area contributed by atoms with Crippen LogP contribution in [0, 0.1) is 5.92 Å². The molecule has 0 bridgehead atoms. The van der Waals surface area contributed by atoms with Crippen LogP contribution in [-0.2, 0) is 14.3 Å². The van der Waals surface area contributed by atoms with Crippen molar-refractivity contribution in [1.82, 2.24) is 5.32 Å². The Morgan fingerprint density at radius 1 is 0.923 bits per heavy atom. The molecule has 0 fully saturated rings. The number of ether oxygens (including phenoxy) is 1. The second-order valence-corrected chi connectivity index (χ2v) is 7.39. The minimum atomic E-state index is -0.978. The number of hydrogen-bond donors (Lipinski definition) is 1. The Morgan fingerprint density at radius 3 is 2.08 bits per heavy atom. The van der Waals surface area contributed by atoms with Gasteiger partial charge in [0.15, 0.2) is 0 Å². The summed E-state index contributed by atoms with van der Waals surface area (Å²) in [7, 11) is 0. The van der Waals surface area contributed by atoms with Gasteiger partial charge in [-0.3, -0.25) is 9.59 Å². The van der Waals surface area contributed by atoms with Crippen molar-refractivity contribution in [3.8, 4) is 0 Å². The fourth-order valence-electron chi connectivity index (χ4n) is 3.05. The van der Waals surface area contributed by atoms with Crippen molar-refractivity contribution >= 4 is 28.4 Å². The first-order chi connectivity index (χ1) is 12.1. The molecule has 2 aromatic rings. The van der Waals surface area contributed by atoms with Gasteiger partial charge in [-0.25, -0.2) is 4.79 Å². The van der Waals surface area contributed by atoms with Gasteiger partial charge in [0.25, 0.3) is 0 Å². The molecule has 1 N–H and O–H groups in total. The SMILES string of the molecule is CC(=O)C(C(C)=O)[C@@H](NC(=O)OC(C)(C)C)c1cccc2ccccc12. The standard InChI is InChI=1S/C21H25NO4/c1-13(23)18(14(2)24)19(22-20(25)26-21(3,4)5)17-12-8-10-15-9-6-7-11-16(15)17/h6-12,18-19H,1-5H3,(H,22,25)/t19-/m0/s1. The molecule has 2 aromatic carbocycles. The number of hydrogen-bond acceptors (Lipinski definition) is 4. The number of rotatable bonds is 5. The number of nitrogens with one attached hydrogen (secondary N) is 1. The van der Waals surface area contributed by atoms with Crippen molar-refractivity contribution in [3.63, 3.8) is 0 Å². The maximum Gasteiger partial charge on any atom is 0.408 e. The van der Waals surface area contributed by atoms with Gasteiger partial charge in [-0.15, -0.1) is 0 Å². The van der Waals surface area contributed by atoms with Gasteiger partial charge < -0.3 is 10.1 Å². The van der Waals surface area contributed by atoms with E-state index in [0.717, 1.165) is 10.8 Å². The van der Waals surface area contributed by atoms with Crippen LogP contribution in [0.15, 0.2) is 42.5 Å². The van der Waals surface area contributed by atoms with Gasteiger partial charge in [0.05, 0.1) is 6.04 Å². The van der Waals surface area contributed by atoms with Gasteiger partial charge in [-0.05, 0) is 51.0 Å². The molecule has 0 heterocycles. The van der Waals surface area contributed by atoms with E-state index in [0.29, 0.717) is 5.56 Å². The van der Waals surface area contributed by atoms with Gasteiger partial charge in [0.2, 0.25) is 0 Å². The second kappa shape index (κ2) is 7.68. The third kappa shape index (κ3) is 4.69. The minimum absolute atomic E-state index is 0.300. The van der Waals surface area contributed by atoms with Crippen LogP contribution in [0.4, 0.5) is 4.79 Å². The minimum Gasteiger partial charge on any atom is -0.444 e. The Hall–Kier alpha value is -2.69. The molecule has 5 heteroatoms. The lowest BCUT2D eigenvalue weighted by Crippen LogP contribution is -2.41. The van der Waals surface area contributed by atoms with Gasteiger partial charge in [-0.2, -0.15) is 0 Å². The van der Waals surface area contributed by atoms with Crippen LogP contribution in [0.5, 0.6) is 0 Å². The number of ketones is 2. The molecule has 0 saturated heterocycles. The highest BCUT2D eigenvalue weighted by atomic mass is 16.6. The van der Waals surface area contributed by atoms with Gasteiger partial charge >= 0.3 is 6.09 Å². The average molecular weight is 355 g/mol. The molecule has 1 atom stereocenters. The zero-order valence-electron chi connectivity index (χ0n) is 15.8. The lowest BCUT2D eigenvalue weighted by atomic mass is 9.85. The first-order valence-corrected chi connectivity index (χ1v) is 8.58. The number of benzene rings is 2. The van der Waals surface area contributed by atoms with Gasteiger partial charge in [0, 0.05) is 0 Å². The fourth-order valence-corrected chi connectivity index (χ4v) is 3.05. The number of Topliss-reactive ketones (excluding diaryl/α,β-unsaturated/α-hetero) is 2. The van der Waals surface area contributed by atoms with E-state index in [1.807, 2.05) is 42.5 Å². The molecule has 138 valence electrons. The molecule has 0 aromatic heterocycles. The van der Waals surface area contributed by atoms with E-state index in [9.17, 15) is 14.4 Å². The predicted molar refractivity (Wildman–Crippen MR) is 101 cm³/mol. The van der Waals surface area contributed by atoms with Crippen molar-refractivity contribution in [2.24, 2.45) is 5.92 Å². The molecule has 0 aliphatic heterocycles. The van der Waals surface area contributed by atoms with Gasteiger partial charge in [0.1, 0.15) is 23.1 Å². The van der Waals surface area contributed by atoms with Crippen molar-refractivity contribution in [1.29, 1.82) is 0 Å². The maximum atomic E-state index is 12.4. The molecule has 5 nitrogen and oxygen atoms in total. The highest BCUT2D eigenvalue weighted by Crippen LogP contribution is 2.30. The fraction of sp³-hybridized carbons (Fsp3) is 0.381. The van der Waals surface area contributed by atoms with Crippen LogP contribution < -0.4 is 5.32 Å². The number of alkyl carbamates (subject to hydrolysis) is 1. The number of carbonyl (C=O) groups excluding carboxylic acids is 3. The highest BCUT2D eigenvalue weighted by Gasteiger charge is 2.34. The topological polar surface area (TPSA) is 72.5 Å². The summed E-state index contributed by atoms with van der Waals surface area (Å²) in [4.78, 5) is 36.8. The monoisotopic (exact) mass is 355 g/mol. The number of carbonyl (C=O) groups is 3. The largest absolute Gasteiger partial charge is 0.444 e. The third-order valence-electron chi connectivity index (χ3n) is 4.04. The maximum absolute atomic E-state index is 12.4. The zero-order chi connectivity index (χ0) is 19.5. The Bertz CT molecular complexity index is 816. The Morgan fingerprint density at radius 2 is 1.50 bits per heavy atom. The highest BCUT2D eigenvalue weighted by molar-refractivity contribution is 6.02. The molecule has 0 unspecified atom stereocenters. The van der Waals surface area contributed by atoms with E-state index in [1.54, 1.807) is 20.8 Å². The van der Waals surface area contributed by atoms with E-state index in [1.165, 1.54) is 13.8 Å². The van der Waals surface area contributed by atoms with Crippen molar-refractivity contribution in [2.75, 3.05) is 0 Å². The van der Waals surface area contributed by atoms with Crippen LogP contribution in [-0.4, -0.2) is 23.3 Å². The molecule has 0 spiro atoms. The Kier molecular flexibility index (Phi) is 5.80. The summed E-state index contributed by atoms with van der Waals surface area (Å²) in [6.45, 7) is 7.99. The molecule has 0 aliphatic rings. The summed E-state index contributed by atoms with van der Waals surface area (Å²) >= 11 is 0. The normalized spacial score (nSPS) is 12.7. The molecule has 0 aliphatic carbocycles. The lowest BCUT2D eigenvalue weighted by Gasteiger charge is -2.28. The Labute approximate surface area is 153 Å². The first kappa shape index (κ1) is 19.6.